The molecule has 0 saturated carbocycles. The first-order valence-corrected chi connectivity index (χ1v) is 10.1. The molecule has 0 aromatic heterocycles. The zero-order valence-electron chi connectivity index (χ0n) is 15.6. The average Bonchev–Trinajstić information content (AvgIpc) is 2.66. The van der Waals surface area contributed by atoms with Crippen molar-refractivity contribution in [2.24, 2.45) is 0 Å². The summed E-state index contributed by atoms with van der Waals surface area (Å²) >= 11 is 12.0. The lowest BCUT2D eigenvalue weighted by Gasteiger charge is -2.11. The highest BCUT2D eigenvalue weighted by molar-refractivity contribution is 6.35. The van der Waals surface area contributed by atoms with Crippen molar-refractivity contribution in [2.45, 2.75) is 39.0 Å². The number of ether oxygens (including phenoxy) is 1. The van der Waals surface area contributed by atoms with E-state index in [1.807, 2.05) is 24.3 Å². The van der Waals surface area contributed by atoms with Crippen molar-refractivity contribution in [2.75, 3.05) is 23.8 Å². The summed E-state index contributed by atoms with van der Waals surface area (Å²) in [4.78, 5) is 12.1. The van der Waals surface area contributed by atoms with Crippen LogP contribution in [0.3, 0.4) is 0 Å². The van der Waals surface area contributed by atoms with E-state index in [1.165, 1.54) is 25.7 Å². The first-order valence-electron chi connectivity index (χ1n) is 9.30. The highest BCUT2D eigenvalue weighted by atomic mass is 35.5. The third-order valence-corrected chi connectivity index (χ3v) is 4.57. The van der Waals surface area contributed by atoms with Gasteiger partial charge < -0.3 is 15.4 Å². The minimum atomic E-state index is -0.207. The molecule has 27 heavy (non-hydrogen) atoms. The lowest BCUT2D eigenvalue weighted by atomic mass is 10.2. The molecule has 2 aromatic rings. The van der Waals surface area contributed by atoms with Crippen LogP contribution in [0.25, 0.3) is 0 Å². The van der Waals surface area contributed by atoms with Gasteiger partial charge >= 0.3 is 0 Å². The molecule has 2 aromatic carbocycles. The first-order chi connectivity index (χ1) is 13.1. The van der Waals surface area contributed by atoms with Crippen molar-refractivity contribution >= 4 is 40.5 Å². The highest BCUT2D eigenvalue weighted by Gasteiger charge is 2.07. The number of carbonyl (C=O) groups is 1. The molecule has 0 spiro atoms. The number of halogens is 2. The zero-order chi connectivity index (χ0) is 19.5. The molecule has 0 saturated heterocycles. The van der Waals surface area contributed by atoms with Gasteiger partial charge in [-0.15, -0.1) is 0 Å². The summed E-state index contributed by atoms with van der Waals surface area (Å²) in [5.41, 5.74) is 1.32. The fourth-order valence-electron chi connectivity index (χ4n) is 2.56. The van der Waals surface area contributed by atoms with Crippen LogP contribution in [0.4, 0.5) is 11.4 Å². The molecule has 146 valence electrons. The van der Waals surface area contributed by atoms with Crippen molar-refractivity contribution in [3.8, 4) is 5.75 Å². The number of carbonyl (C=O) groups excluding carboxylic acids is 1. The van der Waals surface area contributed by atoms with Gasteiger partial charge in [-0.05, 0) is 36.8 Å². The Labute approximate surface area is 171 Å². The van der Waals surface area contributed by atoms with Gasteiger partial charge in [-0.2, -0.15) is 0 Å². The quantitative estimate of drug-likeness (QED) is 0.423. The van der Waals surface area contributed by atoms with Crippen molar-refractivity contribution < 1.29 is 9.53 Å². The third kappa shape index (κ3) is 8.10. The van der Waals surface area contributed by atoms with E-state index in [9.17, 15) is 4.79 Å². The van der Waals surface area contributed by atoms with E-state index < -0.39 is 0 Å². The summed E-state index contributed by atoms with van der Waals surface area (Å²) < 4.78 is 5.79. The molecule has 2 rings (SSSR count). The van der Waals surface area contributed by atoms with Crippen molar-refractivity contribution in [1.82, 2.24) is 0 Å². The van der Waals surface area contributed by atoms with E-state index in [4.69, 9.17) is 27.9 Å². The summed E-state index contributed by atoms with van der Waals surface area (Å²) in [6, 6.07) is 12.6. The second kappa shape index (κ2) is 11.7. The molecule has 0 radical (unpaired) electrons. The van der Waals surface area contributed by atoms with Gasteiger partial charge in [0, 0.05) is 16.8 Å². The summed E-state index contributed by atoms with van der Waals surface area (Å²) in [5, 5.41) is 6.80. The van der Waals surface area contributed by atoms with Crippen LogP contribution in [0.15, 0.2) is 42.5 Å². The number of hydrogen-bond donors (Lipinski definition) is 2. The summed E-state index contributed by atoms with van der Waals surface area (Å²) in [7, 11) is 0. The first kappa shape index (κ1) is 21.4. The van der Waals surface area contributed by atoms with Gasteiger partial charge in [0.15, 0.2) is 0 Å². The molecular weight excluding hydrogens is 383 g/mol. The molecule has 0 fully saturated rings. The monoisotopic (exact) mass is 408 g/mol. The predicted octanol–water partition coefficient (Wildman–Crippen LogP) is 6.39. The molecule has 0 aliphatic rings. The molecule has 2 N–H and O–H groups in total. The van der Waals surface area contributed by atoms with Crippen LogP contribution in [0.1, 0.15) is 39.0 Å². The van der Waals surface area contributed by atoms with E-state index in [2.05, 4.69) is 17.6 Å². The Balaban J connectivity index is 1.76. The van der Waals surface area contributed by atoms with Gasteiger partial charge in [0.25, 0.3) is 0 Å². The van der Waals surface area contributed by atoms with Gasteiger partial charge in [-0.3, -0.25) is 4.79 Å². The number of benzene rings is 2. The molecule has 1 amide bonds. The van der Waals surface area contributed by atoms with Crippen molar-refractivity contribution in [3.63, 3.8) is 0 Å². The largest absolute Gasteiger partial charge is 0.494 e. The molecule has 0 atom stereocenters. The second-order valence-electron chi connectivity index (χ2n) is 6.32. The maximum Gasteiger partial charge on any atom is 0.243 e. The van der Waals surface area contributed by atoms with E-state index in [0.717, 1.165) is 17.9 Å². The topological polar surface area (TPSA) is 50.4 Å². The summed E-state index contributed by atoms with van der Waals surface area (Å²) in [6.07, 6.45) is 6.03. The molecule has 4 nitrogen and oxygen atoms in total. The normalized spacial score (nSPS) is 10.5. The van der Waals surface area contributed by atoms with Gasteiger partial charge in [0.2, 0.25) is 5.91 Å². The van der Waals surface area contributed by atoms with Crippen LogP contribution >= 0.6 is 23.2 Å². The molecule has 0 bridgehead atoms. The zero-order valence-corrected chi connectivity index (χ0v) is 17.1. The minimum absolute atomic E-state index is 0.114. The number of anilines is 2. The lowest BCUT2D eigenvalue weighted by molar-refractivity contribution is -0.114. The van der Waals surface area contributed by atoms with Gasteiger partial charge in [0.1, 0.15) is 5.75 Å². The van der Waals surface area contributed by atoms with Crippen LogP contribution in [-0.4, -0.2) is 19.1 Å². The van der Waals surface area contributed by atoms with Crippen LogP contribution in [-0.2, 0) is 4.79 Å². The Bertz CT molecular complexity index is 738. The minimum Gasteiger partial charge on any atom is -0.494 e. The molecular formula is C21H26Cl2N2O2. The predicted molar refractivity (Wildman–Crippen MR) is 114 cm³/mol. The van der Waals surface area contributed by atoms with Crippen LogP contribution in [0, 0.1) is 0 Å². The fraction of sp³-hybridized carbons (Fsp3) is 0.381. The Morgan fingerprint density at radius 1 is 1.04 bits per heavy atom. The number of hydrogen-bond acceptors (Lipinski definition) is 3. The van der Waals surface area contributed by atoms with Gasteiger partial charge in [-0.25, -0.2) is 0 Å². The second-order valence-corrected chi connectivity index (χ2v) is 7.16. The lowest BCUT2D eigenvalue weighted by Crippen LogP contribution is -2.21. The molecule has 0 heterocycles. The molecule has 0 aliphatic heterocycles. The van der Waals surface area contributed by atoms with E-state index in [0.29, 0.717) is 22.3 Å². The summed E-state index contributed by atoms with van der Waals surface area (Å²) in [6.45, 7) is 3.03. The summed E-state index contributed by atoms with van der Waals surface area (Å²) in [5.74, 6) is 0.593. The fourth-order valence-corrected chi connectivity index (χ4v) is 2.90. The van der Waals surface area contributed by atoms with Crippen molar-refractivity contribution in [1.29, 1.82) is 0 Å². The number of nitrogens with one attached hydrogen (secondary N) is 2. The molecule has 0 aliphatic carbocycles. The van der Waals surface area contributed by atoms with Crippen molar-refractivity contribution in [3.05, 3.63) is 52.5 Å². The van der Waals surface area contributed by atoms with Gasteiger partial charge in [0.05, 0.1) is 23.9 Å². The smallest absolute Gasteiger partial charge is 0.243 e. The standard InChI is InChI=1S/C21H26Cl2N2O2/c1-2-3-4-5-6-12-27-18-9-7-8-17(14-18)24-15-21(26)25-20-13-16(22)10-11-19(20)23/h7-11,13-14,24H,2-6,12,15H2,1H3,(H,25,26). The third-order valence-electron chi connectivity index (χ3n) is 4.01. The molecule has 6 heteroatoms. The van der Waals surface area contributed by atoms with Crippen LogP contribution in [0.5, 0.6) is 5.75 Å². The molecule has 0 unspecified atom stereocenters. The van der Waals surface area contributed by atoms with Crippen LogP contribution < -0.4 is 15.4 Å². The van der Waals surface area contributed by atoms with E-state index in [-0.39, 0.29) is 12.5 Å². The number of unbranched alkanes of at least 4 members (excludes halogenated alkanes) is 4. The maximum atomic E-state index is 12.1. The Hall–Kier alpha value is -1.91. The number of amides is 1. The Morgan fingerprint density at radius 2 is 1.85 bits per heavy atom. The highest BCUT2D eigenvalue weighted by Crippen LogP contribution is 2.25. The van der Waals surface area contributed by atoms with Crippen LogP contribution in [0.2, 0.25) is 10.0 Å². The van der Waals surface area contributed by atoms with Gasteiger partial charge in [-0.1, -0.05) is 61.9 Å². The maximum absolute atomic E-state index is 12.1. The van der Waals surface area contributed by atoms with E-state index >= 15 is 0 Å². The Morgan fingerprint density at radius 3 is 2.67 bits per heavy atom. The average molecular weight is 409 g/mol. The number of rotatable bonds is 11. The van der Waals surface area contributed by atoms with E-state index in [1.54, 1.807) is 18.2 Å². The Kier molecular flexibility index (Phi) is 9.29. The SMILES string of the molecule is CCCCCCCOc1cccc(NCC(=O)Nc2cc(Cl)ccc2Cl)c1.